The quantitative estimate of drug-likeness (QED) is 0.576. The number of rotatable bonds is 10. The summed E-state index contributed by atoms with van der Waals surface area (Å²) in [5.74, 6) is 0.0686. The van der Waals surface area contributed by atoms with E-state index in [0.29, 0.717) is 26.2 Å². The molecule has 152 valence electrons. The second-order valence-corrected chi connectivity index (χ2v) is 8.40. The zero-order valence-corrected chi connectivity index (χ0v) is 17.0. The van der Waals surface area contributed by atoms with E-state index < -0.39 is 6.09 Å². The average Bonchev–Trinajstić information content (AvgIpc) is 2.51. The fourth-order valence-corrected chi connectivity index (χ4v) is 4.10. The fraction of sp³-hybridized carbons (Fsp3) is 0.895. The zero-order valence-electron chi connectivity index (χ0n) is 17.0. The maximum absolute atomic E-state index is 12.2. The van der Waals surface area contributed by atoms with Gasteiger partial charge in [0.1, 0.15) is 6.61 Å². The molecule has 0 aliphatic heterocycles. The molecule has 0 bridgehead atoms. The summed E-state index contributed by atoms with van der Waals surface area (Å²) >= 11 is 0. The molecule has 0 aromatic carbocycles. The third-order valence-electron chi connectivity index (χ3n) is 4.74. The molecule has 1 aliphatic rings. The summed E-state index contributed by atoms with van der Waals surface area (Å²) in [6.45, 7) is 8.33. The predicted molar refractivity (Wildman–Crippen MR) is 100 cm³/mol. The smallest absolute Gasteiger partial charge is 0.407 e. The number of ether oxygens (including phenoxy) is 3. The van der Waals surface area contributed by atoms with E-state index in [4.69, 9.17) is 14.2 Å². The maximum Gasteiger partial charge on any atom is 0.407 e. The number of carbonyl (C=O) groups is 2. The van der Waals surface area contributed by atoms with Gasteiger partial charge in [-0.2, -0.15) is 0 Å². The zero-order chi connectivity index (χ0) is 19.6. The van der Waals surface area contributed by atoms with Crippen molar-refractivity contribution < 1.29 is 23.8 Å². The van der Waals surface area contributed by atoms with Crippen LogP contribution in [0.4, 0.5) is 4.79 Å². The Morgan fingerprint density at radius 2 is 1.73 bits per heavy atom. The van der Waals surface area contributed by atoms with E-state index >= 15 is 0 Å². The minimum atomic E-state index is -0.424. The summed E-state index contributed by atoms with van der Waals surface area (Å²) in [4.78, 5) is 24.0. The Hall–Kier alpha value is -1.34. The lowest BCUT2D eigenvalue weighted by atomic mass is 9.62. The van der Waals surface area contributed by atoms with Crippen LogP contribution < -0.4 is 10.6 Å². The van der Waals surface area contributed by atoms with Crippen LogP contribution in [0.15, 0.2) is 0 Å². The van der Waals surface area contributed by atoms with Crippen molar-refractivity contribution in [1.82, 2.24) is 10.6 Å². The van der Waals surface area contributed by atoms with E-state index in [0.717, 1.165) is 25.7 Å². The number of amides is 2. The number of hydrogen-bond acceptors (Lipinski definition) is 5. The summed E-state index contributed by atoms with van der Waals surface area (Å²) < 4.78 is 14.9. The molecule has 26 heavy (non-hydrogen) atoms. The molecule has 0 saturated heterocycles. The van der Waals surface area contributed by atoms with Gasteiger partial charge >= 0.3 is 6.09 Å². The van der Waals surface area contributed by atoms with E-state index in [-0.39, 0.29) is 29.4 Å². The van der Waals surface area contributed by atoms with Crippen molar-refractivity contribution in [3.63, 3.8) is 0 Å². The number of carbonyl (C=O) groups excluding carboxylic acids is 2. The maximum atomic E-state index is 12.2. The summed E-state index contributed by atoms with van der Waals surface area (Å²) in [7, 11) is 3.20. The minimum absolute atomic E-state index is 0.0686. The van der Waals surface area contributed by atoms with Crippen LogP contribution in [0.5, 0.6) is 0 Å². The van der Waals surface area contributed by atoms with Crippen LogP contribution in [0.25, 0.3) is 0 Å². The highest BCUT2D eigenvalue weighted by atomic mass is 16.6. The van der Waals surface area contributed by atoms with Crippen molar-refractivity contribution in [1.29, 1.82) is 0 Å². The summed E-state index contributed by atoms with van der Waals surface area (Å²) in [6, 6.07) is 0.116. The van der Waals surface area contributed by atoms with Crippen molar-refractivity contribution in [3.05, 3.63) is 0 Å². The summed E-state index contributed by atoms with van der Waals surface area (Å²) in [6.07, 6.45) is 3.54. The van der Waals surface area contributed by atoms with Crippen molar-refractivity contribution >= 4 is 12.0 Å². The van der Waals surface area contributed by atoms with Gasteiger partial charge in [0.25, 0.3) is 0 Å². The van der Waals surface area contributed by atoms with Gasteiger partial charge < -0.3 is 24.8 Å². The van der Waals surface area contributed by atoms with Crippen LogP contribution in [0.1, 0.15) is 52.9 Å². The molecule has 0 spiro atoms. The largest absolute Gasteiger partial charge is 0.447 e. The first-order chi connectivity index (χ1) is 12.2. The molecule has 1 fully saturated rings. The number of methoxy groups -OCH3 is 2. The summed E-state index contributed by atoms with van der Waals surface area (Å²) in [5.41, 5.74) is 0.00557. The van der Waals surface area contributed by atoms with Crippen LogP contribution in [0.3, 0.4) is 0 Å². The van der Waals surface area contributed by atoms with E-state index in [2.05, 4.69) is 31.4 Å². The molecule has 1 saturated carbocycles. The van der Waals surface area contributed by atoms with Gasteiger partial charge in [-0.15, -0.1) is 0 Å². The highest BCUT2D eigenvalue weighted by molar-refractivity contribution is 5.76. The van der Waals surface area contributed by atoms with Gasteiger partial charge in [0, 0.05) is 39.8 Å². The van der Waals surface area contributed by atoms with Crippen LogP contribution >= 0.6 is 0 Å². The Morgan fingerprint density at radius 1 is 1.04 bits per heavy atom. The van der Waals surface area contributed by atoms with Gasteiger partial charge in [-0.05, 0) is 36.5 Å². The number of alkyl carbamates (subject to hydrolysis) is 1. The molecule has 1 aliphatic carbocycles. The van der Waals surface area contributed by atoms with E-state index in [9.17, 15) is 9.59 Å². The third-order valence-corrected chi connectivity index (χ3v) is 4.74. The van der Waals surface area contributed by atoms with Crippen LogP contribution in [0, 0.1) is 10.8 Å². The topological polar surface area (TPSA) is 85.9 Å². The molecule has 0 aromatic heterocycles. The molecule has 2 amide bonds. The Balaban J connectivity index is 2.53. The standard InChI is InChI=1S/C19H36N2O5/c1-18(2)11-15(21-16(22)7-6-8-24-4)12-19(3,13-18)14-20-17(23)26-10-9-25-5/h15H,6-14H2,1-5H3,(H,20,23)(H,21,22). The Labute approximate surface area is 157 Å². The SMILES string of the molecule is COCCCC(=O)NC1CC(C)(C)CC(C)(CNC(=O)OCCOC)C1. The van der Waals surface area contributed by atoms with Crippen molar-refractivity contribution in [2.75, 3.05) is 40.6 Å². The molecule has 7 nitrogen and oxygen atoms in total. The Morgan fingerprint density at radius 3 is 2.38 bits per heavy atom. The summed E-state index contributed by atoms with van der Waals surface area (Å²) in [5, 5.41) is 6.02. The monoisotopic (exact) mass is 372 g/mol. The Bertz CT molecular complexity index is 455. The van der Waals surface area contributed by atoms with Crippen molar-refractivity contribution in [3.8, 4) is 0 Å². The van der Waals surface area contributed by atoms with E-state index in [1.54, 1.807) is 14.2 Å². The van der Waals surface area contributed by atoms with Gasteiger partial charge in [-0.3, -0.25) is 4.79 Å². The van der Waals surface area contributed by atoms with Crippen LogP contribution in [-0.4, -0.2) is 58.6 Å². The molecule has 1 rings (SSSR count). The van der Waals surface area contributed by atoms with Gasteiger partial charge in [-0.1, -0.05) is 20.8 Å². The van der Waals surface area contributed by atoms with E-state index in [1.807, 2.05) is 0 Å². The Kier molecular flexibility index (Phi) is 9.36. The first-order valence-electron chi connectivity index (χ1n) is 9.37. The molecule has 2 N–H and O–H groups in total. The van der Waals surface area contributed by atoms with Gasteiger partial charge in [-0.25, -0.2) is 4.79 Å². The molecule has 2 atom stereocenters. The second-order valence-electron chi connectivity index (χ2n) is 8.40. The van der Waals surface area contributed by atoms with Crippen LogP contribution in [0.2, 0.25) is 0 Å². The predicted octanol–water partition coefficient (Wildman–Crippen LogP) is 2.49. The van der Waals surface area contributed by atoms with Gasteiger partial charge in [0.2, 0.25) is 5.91 Å². The molecule has 2 unspecified atom stereocenters. The third kappa shape index (κ3) is 8.85. The molecule has 0 aromatic rings. The van der Waals surface area contributed by atoms with Gasteiger partial charge in [0.15, 0.2) is 0 Å². The minimum Gasteiger partial charge on any atom is -0.447 e. The normalized spacial score (nSPS) is 24.7. The molecule has 0 heterocycles. The van der Waals surface area contributed by atoms with Crippen LogP contribution in [-0.2, 0) is 19.0 Å². The van der Waals surface area contributed by atoms with Crippen molar-refractivity contribution in [2.24, 2.45) is 10.8 Å². The lowest BCUT2D eigenvalue weighted by Gasteiger charge is -2.46. The molecular weight excluding hydrogens is 336 g/mol. The fourth-order valence-electron chi connectivity index (χ4n) is 4.10. The lowest BCUT2D eigenvalue weighted by molar-refractivity contribution is -0.123. The number of nitrogens with one attached hydrogen (secondary N) is 2. The van der Waals surface area contributed by atoms with E-state index in [1.165, 1.54) is 0 Å². The molecular formula is C19H36N2O5. The highest BCUT2D eigenvalue weighted by Crippen LogP contribution is 2.45. The molecule has 7 heteroatoms. The average molecular weight is 373 g/mol. The van der Waals surface area contributed by atoms with Gasteiger partial charge in [0.05, 0.1) is 6.61 Å². The number of hydrogen-bond donors (Lipinski definition) is 2. The highest BCUT2D eigenvalue weighted by Gasteiger charge is 2.41. The lowest BCUT2D eigenvalue weighted by Crippen LogP contribution is -2.50. The first-order valence-corrected chi connectivity index (χ1v) is 9.37. The second kappa shape index (κ2) is 10.7. The molecule has 0 radical (unpaired) electrons. The first kappa shape index (κ1) is 22.7. The van der Waals surface area contributed by atoms with Crippen molar-refractivity contribution in [2.45, 2.75) is 58.9 Å².